The number of rotatable bonds is 6. The van der Waals surface area contributed by atoms with E-state index in [1.165, 1.54) is 5.56 Å². The number of nitrogens with one attached hydrogen (secondary N) is 2. The van der Waals surface area contributed by atoms with Crippen molar-refractivity contribution in [2.45, 2.75) is 59.3 Å². The van der Waals surface area contributed by atoms with Crippen molar-refractivity contribution in [2.75, 3.05) is 5.32 Å². The Morgan fingerprint density at radius 2 is 1.92 bits per heavy atom. The van der Waals surface area contributed by atoms with E-state index in [9.17, 15) is 9.59 Å². The average Bonchev–Trinajstić information content (AvgIpc) is 3.02. The maximum Gasteiger partial charge on any atom is 0.240 e. The molecule has 1 aliphatic carbocycles. The number of hydrogen-bond donors (Lipinski definition) is 2. The smallest absolute Gasteiger partial charge is 0.240 e. The summed E-state index contributed by atoms with van der Waals surface area (Å²) in [5.41, 5.74) is 6.76. The highest BCUT2D eigenvalue weighted by Gasteiger charge is 2.21. The predicted octanol–water partition coefficient (Wildman–Crippen LogP) is 3.70. The van der Waals surface area contributed by atoms with E-state index in [1.54, 1.807) is 0 Å². The molecule has 1 aliphatic rings. The monoisotopic (exact) mass is 329 g/mol. The minimum absolute atomic E-state index is 0.143. The topological polar surface area (TPSA) is 70.6 Å². The fraction of sp³-hybridized carbons (Fsp3) is 0.526. The zero-order valence-electron chi connectivity index (χ0n) is 14.8. The van der Waals surface area contributed by atoms with Crippen molar-refractivity contribution < 1.29 is 9.59 Å². The maximum atomic E-state index is 11.9. The molecule has 5 nitrogen and oxygen atoms in total. The van der Waals surface area contributed by atoms with E-state index >= 15 is 0 Å². The summed E-state index contributed by atoms with van der Waals surface area (Å²) in [5, 5.41) is 7.07. The summed E-state index contributed by atoms with van der Waals surface area (Å²) in [6.07, 6.45) is 4.62. The van der Waals surface area contributed by atoms with Gasteiger partial charge in [-0.2, -0.15) is 5.10 Å². The summed E-state index contributed by atoms with van der Waals surface area (Å²) in [7, 11) is 0. The van der Waals surface area contributed by atoms with Gasteiger partial charge in [0, 0.05) is 24.2 Å². The molecule has 130 valence electrons. The normalized spacial score (nSPS) is 18.6. The van der Waals surface area contributed by atoms with Crippen LogP contribution in [0.2, 0.25) is 0 Å². The highest BCUT2D eigenvalue weighted by molar-refractivity contribution is 5.94. The number of amides is 2. The number of aryl methyl sites for hydroxylation is 2. The molecule has 5 heteroatoms. The first-order chi connectivity index (χ1) is 11.5. The summed E-state index contributed by atoms with van der Waals surface area (Å²) in [5.74, 6) is 0.131. The van der Waals surface area contributed by atoms with E-state index in [0.29, 0.717) is 5.92 Å². The molecule has 24 heavy (non-hydrogen) atoms. The molecule has 1 fully saturated rings. The summed E-state index contributed by atoms with van der Waals surface area (Å²) >= 11 is 0. The molecule has 1 atom stereocenters. The Kier molecular flexibility index (Phi) is 6.53. The van der Waals surface area contributed by atoms with E-state index in [4.69, 9.17) is 0 Å². The number of hydrazone groups is 1. The van der Waals surface area contributed by atoms with E-state index in [2.05, 4.69) is 22.8 Å². The molecule has 1 saturated carbocycles. The molecular weight excluding hydrogens is 302 g/mol. The summed E-state index contributed by atoms with van der Waals surface area (Å²) in [6, 6.07) is 5.78. The third kappa shape index (κ3) is 5.18. The molecule has 2 amide bonds. The van der Waals surface area contributed by atoms with E-state index < -0.39 is 0 Å². The third-order valence-corrected chi connectivity index (χ3v) is 4.64. The van der Waals surface area contributed by atoms with Gasteiger partial charge in [-0.15, -0.1) is 0 Å². The van der Waals surface area contributed by atoms with Crippen molar-refractivity contribution in [3.8, 4) is 0 Å². The Labute approximate surface area is 143 Å². The maximum absolute atomic E-state index is 11.9. The average molecular weight is 329 g/mol. The van der Waals surface area contributed by atoms with Crippen LogP contribution in [-0.4, -0.2) is 17.5 Å². The number of nitrogens with zero attached hydrogens (tertiary/aromatic N) is 1. The number of carbonyl (C=O) groups is 2. The van der Waals surface area contributed by atoms with Crippen LogP contribution in [0.15, 0.2) is 23.3 Å². The van der Waals surface area contributed by atoms with Gasteiger partial charge in [0.2, 0.25) is 11.8 Å². The van der Waals surface area contributed by atoms with Crippen LogP contribution in [0.4, 0.5) is 5.69 Å². The number of carbonyl (C=O) groups excluding carboxylic acids is 2. The Morgan fingerprint density at radius 1 is 1.17 bits per heavy atom. The molecule has 0 spiro atoms. The second kappa shape index (κ2) is 8.62. The lowest BCUT2D eigenvalue weighted by Gasteiger charge is -2.08. The van der Waals surface area contributed by atoms with Crippen molar-refractivity contribution in [2.24, 2.45) is 11.0 Å². The summed E-state index contributed by atoms with van der Waals surface area (Å²) in [6.45, 7) is 6.18. The molecule has 1 aromatic carbocycles. The van der Waals surface area contributed by atoms with E-state index in [0.717, 1.165) is 42.6 Å². The van der Waals surface area contributed by atoms with Crippen LogP contribution in [0.1, 0.15) is 56.6 Å². The van der Waals surface area contributed by atoms with Crippen LogP contribution in [0.25, 0.3) is 0 Å². The van der Waals surface area contributed by atoms with Gasteiger partial charge in [0.25, 0.3) is 0 Å². The Balaban J connectivity index is 1.75. The SMILES string of the molecule is CCC1CCCC1=NNC(=O)CCC(=O)Nc1ccc(C)c(C)c1. The van der Waals surface area contributed by atoms with Crippen LogP contribution in [0, 0.1) is 19.8 Å². The van der Waals surface area contributed by atoms with Gasteiger partial charge < -0.3 is 5.32 Å². The van der Waals surface area contributed by atoms with Crippen LogP contribution < -0.4 is 10.7 Å². The Hall–Kier alpha value is -2.17. The fourth-order valence-electron chi connectivity index (χ4n) is 2.95. The standard InChI is InChI=1S/C19H27N3O2/c1-4-15-6-5-7-17(15)21-22-19(24)11-10-18(23)20-16-9-8-13(2)14(3)12-16/h8-9,12,15H,4-7,10-11H2,1-3H3,(H,20,23)(H,22,24). The third-order valence-electron chi connectivity index (χ3n) is 4.64. The van der Waals surface area contributed by atoms with Crippen molar-refractivity contribution in [1.82, 2.24) is 5.43 Å². The van der Waals surface area contributed by atoms with Gasteiger partial charge in [-0.05, 0) is 68.7 Å². The van der Waals surface area contributed by atoms with Crippen molar-refractivity contribution in [1.29, 1.82) is 0 Å². The minimum atomic E-state index is -0.209. The van der Waals surface area contributed by atoms with E-state index in [1.807, 2.05) is 32.0 Å². The first-order valence-electron chi connectivity index (χ1n) is 8.72. The largest absolute Gasteiger partial charge is 0.326 e. The zero-order valence-corrected chi connectivity index (χ0v) is 14.8. The molecule has 0 radical (unpaired) electrons. The summed E-state index contributed by atoms with van der Waals surface area (Å²) < 4.78 is 0. The second-order valence-electron chi connectivity index (χ2n) is 6.48. The molecule has 0 bridgehead atoms. The highest BCUT2D eigenvalue weighted by Crippen LogP contribution is 2.24. The number of benzene rings is 1. The molecule has 0 aliphatic heterocycles. The van der Waals surface area contributed by atoms with Crippen LogP contribution in [0.3, 0.4) is 0 Å². The van der Waals surface area contributed by atoms with E-state index in [-0.39, 0.29) is 24.7 Å². The van der Waals surface area contributed by atoms with Gasteiger partial charge in [-0.1, -0.05) is 13.0 Å². The Bertz CT molecular complexity index is 637. The van der Waals surface area contributed by atoms with Gasteiger partial charge in [-0.25, -0.2) is 5.43 Å². The minimum Gasteiger partial charge on any atom is -0.326 e. The molecule has 2 rings (SSSR count). The second-order valence-corrected chi connectivity index (χ2v) is 6.48. The Morgan fingerprint density at radius 3 is 2.62 bits per heavy atom. The molecule has 1 aromatic rings. The van der Waals surface area contributed by atoms with Crippen LogP contribution in [0.5, 0.6) is 0 Å². The molecule has 1 unspecified atom stereocenters. The quantitative estimate of drug-likeness (QED) is 0.781. The van der Waals surface area contributed by atoms with Gasteiger partial charge in [0.05, 0.1) is 0 Å². The first-order valence-corrected chi connectivity index (χ1v) is 8.72. The van der Waals surface area contributed by atoms with Gasteiger partial charge in [-0.3, -0.25) is 9.59 Å². The first kappa shape index (κ1) is 18.2. The van der Waals surface area contributed by atoms with Crippen molar-refractivity contribution in [3.05, 3.63) is 29.3 Å². The van der Waals surface area contributed by atoms with Crippen LogP contribution in [-0.2, 0) is 9.59 Å². The van der Waals surface area contributed by atoms with Crippen LogP contribution >= 0.6 is 0 Å². The highest BCUT2D eigenvalue weighted by atomic mass is 16.2. The van der Waals surface area contributed by atoms with Crippen molar-refractivity contribution in [3.63, 3.8) is 0 Å². The number of anilines is 1. The van der Waals surface area contributed by atoms with Gasteiger partial charge in [0.15, 0.2) is 0 Å². The molecule has 0 saturated heterocycles. The van der Waals surface area contributed by atoms with Gasteiger partial charge in [0.1, 0.15) is 0 Å². The predicted molar refractivity (Wildman–Crippen MR) is 97.0 cm³/mol. The molecular formula is C19H27N3O2. The fourth-order valence-corrected chi connectivity index (χ4v) is 2.95. The number of hydrogen-bond acceptors (Lipinski definition) is 3. The molecule has 0 heterocycles. The lowest BCUT2D eigenvalue weighted by molar-refractivity contribution is -0.124. The zero-order chi connectivity index (χ0) is 17.5. The molecule has 0 aromatic heterocycles. The van der Waals surface area contributed by atoms with Gasteiger partial charge >= 0.3 is 0 Å². The summed E-state index contributed by atoms with van der Waals surface area (Å²) in [4.78, 5) is 23.8. The molecule has 2 N–H and O–H groups in total. The lowest BCUT2D eigenvalue weighted by atomic mass is 10.0. The lowest BCUT2D eigenvalue weighted by Crippen LogP contribution is -2.22. The van der Waals surface area contributed by atoms with Crippen molar-refractivity contribution >= 4 is 23.2 Å².